The highest BCUT2D eigenvalue weighted by Crippen LogP contribution is 2.40. The fraction of sp³-hybridized carbons (Fsp3) is 1.00. The van der Waals surface area contributed by atoms with Crippen molar-refractivity contribution in [3.63, 3.8) is 0 Å². The Bertz CT molecular complexity index is 1230. The number of hydrogen-bond acceptors (Lipinski definition) is 24. The van der Waals surface area contributed by atoms with Gasteiger partial charge in [0, 0.05) is 0 Å². The highest BCUT2D eigenvalue weighted by atomic mass is 16.8. The lowest BCUT2D eigenvalue weighted by Gasteiger charge is -2.47. The lowest BCUT2D eigenvalue weighted by Crippen LogP contribution is -2.66. The van der Waals surface area contributed by atoms with Crippen molar-refractivity contribution in [3.8, 4) is 0 Å². The van der Waals surface area contributed by atoms with Crippen molar-refractivity contribution in [2.75, 3.05) is 33.0 Å². The monoisotopic (exact) mass is 792 g/mol. The van der Waals surface area contributed by atoms with E-state index in [0.717, 1.165) is 0 Å². The van der Waals surface area contributed by atoms with Crippen molar-refractivity contribution in [1.29, 1.82) is 0 Å². The normalized spacial score (nSPS) is 56.3. The molecule has 312 valence electrons. The second kappa shape index (κ2) is 16.7. The first kappa shape index (κ1) is 41.2. The number of ether oxygens (including phenoxy) is 11. The van der Waals surface area contributed by atoms with Gasteiger partial charge in [-0.3, -0.25) is 0 Å². The fourth-order valence-corrected chi connectivity index (χ4v) is 7.77. The maximum absolute atomic E-state index is 11.2. The Labute approximate surface area is 305 Å². The van der Waals surface area contributed by atoms with Crippen molar-refractivity contribution in [1.82, 2.24) is 0 Å². The zero-order chi connectivity index (χ0) is 38.7. The second-order valence-electron chi connectivity index (χ2n) is 14.2. The number of fused-ring (bicyclic) bond motifs is 4. The topological polar surface area (TPSA) is 365 Å². The van der Waals surface area contributed by atoms with Gasteiger partial charge in [-0.2, -0.15) is 0 Å². The Morgan fingerprint density at radius 1 is 0.370 bits per heavy atom. The number of aliphatic hydroxyl groups excluding tert-OH is 13. The average Bonchev–Trinajstić information content (AvgIpc) is 3.65. The lowest BCUT2D eigenvalue weighted by molar-refractivity contribution is -0.377. The Hall–Kier alpha value is -0.960. The molecule has 25 atom stereocenters. The minimum absolute atomic E-state index is 0.0790. The van der Waals surface area contributed by atoms with Crippen LogP contribution in [0, 0.1) is 0 Å². The first-order chi connectivity index (χ1) is 25.8. The van der Waals surface area contributed by atoms with E-state index in [4.69, 9.17) is 52.1 Å². The van der Waals surface area contributed by atoms with Crippen LogP contribution in [0.4, 0.5) is 0 Å². The molecule has 4 bridgehead atoms. The van der Waals surface area contributed by atoms with Crippen molar-refractivity contribution in [2.45, 2.75) is 154 Å². The van der Waals surface area contributed by atoms with Crippen LogP contribution in [-0.4, -0.2) is 253 Å². The van der Waals surface area contributed by atoms with Crippen molar-refractivity contribution in [2.24, 2.45) is 0 Å². The van der Waals surface area contributed by atoms with Gasteiger partial charge in [0.2, 0.25) is 0 Å². The van der Waals surface area contributed by atoms with Crippen LogP contribution in [0.1, 0.15) is 0 Å². The SMILES string of the molecule is OC[C@H]1O[C@H](O[C@H]2[C@@H]3OC[C@H]2O[C@H](O[C@H]2[C@@H]4OC[C@H]2O[C@H](O[C@H]2[C@H](O)[C@@H](O)[C@@H](O[C@H]5[C@H](O)[C@@H](O)C(O)O[C@@H]5CO)O[C@@H]2CO)[C@@H]4O)[C@@H]3O)[C@H](O)[C@@H](O)[C@@H]1O. The van der Waals surface area contributed by atoms with E-state index in [0.29, 0.717) is 0 Å². The van der Waals surface area contributed by atoms with Crippen LogP contribution in [0.3, 0.4) is 0 Å². The van der Waals surface area contributed by atoms with Gasteiger partial charge in [0.15, 0.2) is 31.5 Å². The summed E-state index contributed by atoms with van der Waals surface area (Å²) in [6, 6.07) is 0. The molecule has 7 saturated heterocycles. The summed E-state index contributed by atoms with van der Waals surface area (Å²) < 4.78 is 62.5. The van der Waals surface area contributed by atoms with E-state index in [2.05, 4.69) is 0 Å². The maximum Gasteiger partial charge on any atom is 0.187 e. The molecule has 1 unspecified atom stereocenters. The van der Waals surface area contributed by atoms with Gasteiger partial charge in [-0.25, -0.2) is 0 Å². The summed E-state index contributed by atoms with van der Waals surface area (Å²) in [5, 5.41) is 134. The summed E-state index contributed by atoms with van der Waals surface area (Å²) in [5.74, 6) is 0. The van der Waals surface area contributed by atoms with E-state index in [1.165, 1.54) is 0 Å². The minimum Gasteiger partial charge on any atom is -0.394 e. The van der Waals surface area contributed by atoms with Crippen molar-refractivity contribution >= 4 is 0 Å². The number of hydrogen-bond donors (Lipinski definition) is 13. The standard InChI is InChI=1S/C30H48O24/c31-1-6-11(34)12(35)16(39)27(47-6)53-22-9-4-45-25(22)19(42)30(50-9)54-23-10-5-44-24(23)18(41)29(49-10)52-21-8(3-33)48-28(17(40)14(21)37)51-20-7(2-32)46-26(43)15(38)13(20)36/h6-43H,1-5H2/t6-,7-,8-,9-,10-,11-,12+,13-,14-,15-,16-,17-,18-,19-,20-,21-,22-,23-,24-,25-,26?,27-,28-,29-,30-/m1/s1. The summed E-state index contributed by atoms with van der Waals surface area (Å²) in [7, 11) is 0. The van der Waals surface area contributed by atoms with Crippen LogP contribution in [0.5, 0.6) is 0 Å². The largest absolute Gasteiger partial charge is 0.394 e. The zero-order valence-electron chi connectivity index (χ0n) is 28.3. The number of aliphatic hydroxyl groups is 13. The molecular weight excluding hydrogens is 744 g/mol. The molecule has 24 nitrogen and oxygen atoms in total. The lowest BCUT2D eigenvalue weighted by atomic mass is 9.96. The molecular formula is C30H48O24. The van der Waals surface area contributed by atoms with Gasteiger partial charge in [-0.1, -0.05) is 0 Å². The molecule has 13 N–H and O–H groups in total. The first-order valence-corrected chi connectivity index (χ1v) is 17.5. The van der Waals surface area contributed by atoms with Gasteiger partial charge in [0.25, 0.3) is 0 Å². The Morgan fingerprint density at radius 3 is 1.24 bits per heavy atom. The molecule has 0 spiro atoms. The Kier molecular flexibility index (Phi) is 12.8. The van der Waals surface area contributed by atoms with Crippen LogP contribution >= 0.6 is 0 Å². The van der Waals surface area contributed by atoms with Crippen LogP contribution in [0.15, 0.2) is 0 Å². The summed E-state index contributed by atoms with van der Waals surface area (Å²) in [6.45, 7) is -2.47. The maximum atomic E-state index is 11.2. The average molecular weight is 793 g/mol. The third-order valence-electron chi connectivity index (χ3n) is 10.8. The molecule has 0 amide bonds. The van der Waals surface area contributed by atoms with Crippen molar-refractivity contribution in [3.05, 3.63) is 0 Å². The van der Waals surface area contributed by atoms with Gasteiger partial charge < -0.3 is 118 Å². The fourth-order valence-electron chi connectivity index (χ4n) is 7.77. The Morgan fingerprint density at radius 2 is 0.759 bits per heavy atom. The predicted octanol–water partition coefficient (Wildman–Crippen LogP) is -9.83. The molecule has 0 saturated carbocycles. The molecule has 0 aromatic rings. The van der Waals surface area contributed by atoms with Crippen LogP contribution in [0.25, 0.3) is 0 Å². The molecule has 7 aliphatic heterocycles. The molecule has 7 heterocycles. The molecule has 7 fully saturated rings. The van der Waals surface area contributed by atoms with Crippen LogP contribution < -0.4 is 0 Å². The van der Waals surface area contributed by atoms with Gasteiger partial charge in [-0.15, -0.1) is 0 Å². The quantitative estimate of drug-likeness (QED) is 0.0923. The molecule has 24 heteroatoms. The van der Waals surface area contributed by atoms with E-state index >= 15 is 0 Å². The van der Waals surface area contributed by atoms with Crippen LogP contribution in [0.2, 0.25) is 0 Å². The smallest absolute Gasteiger partial charge is 0.187 e. The third kappa shape index (κ3) is 7.44. The second-order valence-corrected chi connectivity index (χ2v) is 14.2. The van der Waals surface area contributed by atoms with Crippen molar-refractivity contribution < 1.29 is 118 Å². The molecule has 0 aliphatic carbocycles. The van der Waals surface area contributed by atoms with Gasteiger partial charge in [0.05, 0.1) is 33.0 Å². The summed E-state index contributed by atoms with van der Waals surface area (Å²) in [6.07, 6.45) is -37.0. The Balaban J connectivity index is 0.954. The van der Waals surface area contributed by atoms with Gasteiger partial charge >= 0.3 is 0 Å². The third-order valence-corrected chi connectivity index (χ3v) is 10.8. The minimum atomic E-state index is -1.92. The van der Waals surface area contributed by atoms with E-state index in [-0.39, 0.29) is 13.2 Å². The summed E-state index contributed by atoms with van der Waals surface area (Å²) in [4.78, 5) is 0. The molecule has 0 radical (unpaired) electrons. The van der Waals surface area contributed by atoms with E-state index in [1.807, 2.05) is 0 Å². The van der Waals surface area contributed by atoms with Gasteiger partial charge in [-0.05, 0) is 0 Å². The number of rotatable bonds is 11. The highest BCUT2D eigenvalue weighted by molar-refractivity contribution is 5.02. The zero-order valence-corrected chi connectivity index (χ0v) is 28.3. The molecule has 0 aromatic heterocycles. The molecule has 7 aliphatic rings. The first-order valence-electron chi connectivity index (χ1n) is 17.5. The van der Waals surface area contributed by atoms with Crippen LogP contribution in [-0.2, 0) is 52.1 Å². The van der Waals surface area contributed by atoms with E-state index in [9.17, 15) is 66.4 Å². The molecule has 54 heavy (non-hydrogen) atoms. The van der Waals surface area contributed by atoms with E-state index in [1.54, 1.807) is 0 Å². The van der Waals surface area contributed by atoms with Gasteiger partial charge in [0.1, 0.15) is 122 Å². The molecule has 7 rings (SSSR count). The predicted molar refractivity (Wildman–Crippen MR) is 160 cm³/mol. The van der Waals surface area contributed by atoms with E-state index < -0.39 is 173 Å². The molecule has 0 aromatic carbocycles. The summed E-state index contributed by atoms with van der Waals surface area (Å²) >= 11 is 0. The highest BCUT2D eigenvalue weighted by Gasteiger charge is 2.60. The summed E-state index contributed by atoms with van der Waals surface area (Å²) in [5.41, 5.74) is 0.